The van der Waals surface area contributed by atoms with Gasteiger partial charge in [0.15, 0.2) is 0 Å². The van der Waals surface area contributed by atoms with Crippen molar-refractivity contribution in [2.45, 2.75) is 106 Å². The Morgan fingerprint density at radius 2 is 0.692 bits per heavy atom. The van der Waals surface area contributed by atoms with Crippen LogP contribution in [0.3, 0.4) is 0 Å². The summed E-state index contributed by atoms with van der Waals surface area (Å²) in [5, 5.41) is 7.64. The summed E-state index contributed by atoms with van der Waals surface area (Å²) in [6.45, 7) is 21.7. The van der Waals surface area contributed by atoms with Gasteiger partial charge < -0.3 is 47.0 Å². The van der Waals surface area contributed by atoms with E-state index < -0.39 is 0 Å². The van der Waals surface area contributed by atoms with Crippen molar-refractivity contribution in [3.63, 3.8) is 0 Å². The van der Waals surface area contributed by atoms with E-state index in [-0.39, 0.29) is 0 Å². The lowest BCUT2D eigenvalue weighted by atomic mass is 9.96. The molecule has 4 aliphatic rings. The van der Waals surface area contributed by atoms with E-state index in [0.717, 1.165) is 109 Å². The Bertz CT molecular complexity index is 5180. The SMILES string of the molecule is CCC1c2c(c3cc(Cl)ccc3n2/C=C(\C)c2ccc(OC)cc2)CCN1C.COc1ccc(/C(C)=C/n2c3c(c4cc(C)ccc42)CCN(C)C3)cc1.COc1ccc(/C(C)=C/n2c3c(c4cc(Cl)ccc42)CCN(C)C3)cc1.COc1ccc(/C(C)=C/n2c3c(c4cc(Cl)ccc42)CCN(C)C3C)cc1. The Balaban J connectivity index is 0.000000126. The average Bonchev–Trinajstić information content (AvgIpc) is 1.53. The minimum absolute atomic E-state index is 0.361. The number of hydrogen-bond acceptors (Lipinski definition) is 8. The van der Waals surface area contributed by atoms with E-state index in [1.165, 1.54) is 139 Å². The molecule has 0 aliphatic carbocycles. The molecular formula is C92H101Cl3N8O4. The Hall–Kier alpha value is -9.21. The molecule has 0 radical (unpaired) electrons. The molecule has 0 bridgehead atoms. The van der Waals surface area contributed by atoms with Gasteiger partial charge in [-0.3, -0.25) is 9.80 Å². The molecule has 4 aliphatic heterocycles. The highest BCUT2D eigenvalue weighted by Crippen LogP contribution is 2.43. The summed E-state index contributed by atoms with van der Waals surface area (Å²) in [7, 11) is 15.6. The minimum Gasteiger partial charge on any atom is -0.497 e. The van der Waals surface area contributed by atoms with Crippen molar-refractivity contribution in [1.29, 1.82) is 0 Å². The van der Waals surface area contributed by atoms with Crippen molar-refractivity contribution >= 4 is 126 Å². The standard InChI is InChI=1S/C24H27ClN2O.C23H25ClN2O.C23H26N2O.C22H23ClN2O/c1-5-22-24-20(12-13-26(22)3)21-14-18(25)8-11-23(21)27(24)15-16(2)17-6-9-19(28-4)10-7-17;1-15(17-5-8-19(27-4)9-6-17)14-26-22-10-7-18(24)13-21(22)20-11-12-25(3)16(2)23(20)26;1-16-5-10-22-21(13-16)20-11-12-24(3)15-23(20)25(22)14-17(2)18-6-8-19(26-4)9-7-18;1-15(16-4-7-18(26-3)8-5-16)13-25-21-9-6-17(23)12-20(21)19-10-11-24(2)14-22(19)25/h6-11,14-15,22H,5,12-13H2,1-4H3;5-10,13-14,16H,11-12H2,1-4H3;5-10,13-14H,11-12,15H2,1-4H3;4-9,12-13H,10-11,14H2,1-3H3/b16-15+;15-14+;17-14+;15-13+. The summed E-state index contributed by atoms with van der Waals surface area (Å²) >= 11 is 19.0. The number of allylic oxidation sites excluding steroid dienone is 4. The quantitative estimate of drug-likeness (QED) is 0.113. The molecule has 0 saturated heterocycles. The number of methoxy groups -OCH3 is 4. The van der Waals surface area contributed by atoms with Gasteiger partial charge in [0, 0.05) is 129 Å². The summed E-state index contributed by atoms with van der Waals surface area (Å²) in [5.41, 5.74) is 27.4. The van der Waals surface area contributed by atoms with Crippen LogP contribution >= 0.6 is 34.8 Å². The first-order chi connectivity index (χ1) is 51.6. The van der Waals surface area contributed by atoms with Crippen LogP contribution in [-0.4, -0.2) is 121 Å². The van der Waals surface area contributed by atoms with E-state index in [1.807, 2.05) is 66.7 Å². The number of halogens is 3. The lowest BCUT2D eigenvalue weighted by molar-refractivity contribution is 0.220. The Morgan fingerprint density at radius 3 is 1.07 bits per heavy atom. The molecule has 0 spiro atoms. The smallest absolute Gasteiger partial charge is 0.118 e. The molecular weight excluding hydrogens is 1390 g/mol. The van der Waals surface area contributed by atoms with Crippen molar-refractivity contribution in [1.82, 2.24) is 37.9 Å². The van der Waals surface area contributed by atoms with Gasteiger partial charge in [-0.05, 0) is 284 Å². The van der Waals surface area contributed by atoms with Crippen molar-refractivity contribution in [3.8, 4) is 23.0 Å². The maximum absolute atomic E-state index is 6.35. The fourth-order valence-corrected chi connectivity index (χ4v) is 16.6. The second-order valence-corrected chi connectivity index (χ2v) is 30.6. The highest BCUT2D eigenvalue weighted by atomic mass is 35.5. The highest BCUT2D eigenvalue weighted by Gasteiger charge is 2.32. The lowest BCUT2D eigenvalue weighted by Gasteiger charge is -2.33. The largest absolute Gasteiger partial charge is 0.497 e. The molecule has 12 nitrogen and oxygen atoms in total. The molecule has 554 valence electrons. The van der Waals surface area contributed by atoms with E-state index in [2.05, 4.69) is 242 Å². The molecule has 2 atom stereocenters. The molecule has 0 amide bonds. The molecule has 8 aromatic carbocycles. The zero-order valence-electron chi connectivity index (χ0n) is 64.8. The first-order valence-corrected chi connectivity index (χ1v) is 38.5. The number of ether oxygens (including phenoxy) is 4. The number of fused-ring (bicyclic) bond motifs is 12. The number of hydrogen-bond donors (Lipinski definition) is 0. The monoisotopic (exact) mass is 1490 g/mol. The Labute approximate surface area is 647 Å². The number of nitrogens with zero attached hydrogens (tertiary/aromatic N) is 8. The van der Waals surface area contributed by atoms with Gasteiger partial charge in [-0.25, -0.2) is 0 Å². The van der Waals surface area contributed by atoms with E-state index in [1.54, 1.807) is 28.4 Å². The molecule has 0 N–H and O–H groups in total. The minimum atomic E-state index is 0.361. The van der Waals surface area contributed by atoms with Crippen LogP contribution in [0.25, 0.3) is 90.7 Å². The van der Waals surface area contributed by atoms with E-state index in [0.29, 0.717) is 12.1 Å². The van der Waals surface area contributed by atoms with E-state index >= 15 is 0 Å². The van der Waals surface area contributed by atoms with Crippen LogP contribution in [0.5, 0.6) is 23.0 Å². The van der Waals surface area contributed by atoms with Gasteiger partial charge in [-0.2, -0.15) is 0 Å². The molecule has 2 unspecified atom stereocenters. The van der Waals surface area contributed by atoms with Crippen LogP contribution < -0.4 is 18.9 Å². The molecule has 107 heavy (non-hydrogen) atoms. The molecule has 0 fully saturated rings. The fraction of sp³-hybridized carbons (Fsp3) is 0.304. The number of rotatable bonds is 13. The Morgan fingerprint density at radius 1 is 0.383 bits per heavy atom. The van der Waals surface area contributed by atoms with Crippen LogP contribution in [0.4, 0.5) is 0 Å². The summed E-state index contributed by atoms with van der Waals surface area (Å²) < 4.78 is 30.6. The molecule has 12 aromatic rings. The normalized spacial score (nSPS) is 16.6. The second kappa shape index (κ2) is 33.1. The zero-order valence-corrected chi connectivity index (χ0v) is 67.0. The van der Waals surface area contributed by atoms with Crippen molar-refractivity contribution in [3.05, 3.63) is 258 Å². The van der Waals surface area contributed by atoms with Crippen LogP contribution in [0, 0.1) is 6.92 Å². The number of aromatic nitrogens is 4. The van der Waals surface area contributed by atoms with E-state index in [9.17, 15) is 0 Å². The van der Waals surface area contributed by atoms with E-state index in [4.69, 9.17) is 53.8 Å². The average molecular weight is 1490 g/mol. The molecule has 0 saturated carbocycles. The Kier molecular flexibility index (Phi) is 23.5. The summed E-state index contributed by atoms with van der Waals surface area (Å²) in [4.78, 5) is 9.66. The number of likely N-dealkylation sites (N-methyl/N-ethyl adjacent to an activating group) is 4. The van der Waals surface area contributed by atoms with Crippen molar-refractivity contribution < 1.29 is 18.9 Å². The van der Waals surface area contributed by atoms with Gasteiger partial charge >= 0.3 is 0 Å². The number of aryl methyl sites for hydroxylation is 1. The third kappa shape index (κ3) is 16.0. The third-order valence-electron chi connectivity index (χ3n) is 22.3. The van der Waals surface area contributed by atoms with Gasteiger partial charge in [0.05, 0.1) is 56.5 Å². The van der Waals surface area contributed by atoms with Gasteiger partial charge in [0.25, 0.3) is 0 Å². The van der Waals surface area contributed by atoms with Crippen molar-refractivity contribution in [2.75, 3.05) is 82.8 Å². The fourth-order valence-electron chi connectivity index (χ4n) is 16.1. The lowest BCUT2D eigenvalue weighted by Crippen LogP contribution is -2.32. The van der Waals surface area contributed by atoms with Gasteiger partial charge in [-0.1, -0.05) is 102 Å². The highest BCUT2D eigenvalue weighted by molar-refractivity contribution is 6.32. The van der Waals surface area contributed by atoms with Crippen molar-refractivity contribution in [2.24, 2.45) is 0 Å². The third-order valence-corrected chi connectivity index (χ3v) is 23.0. The van der Waals surface area contributed by atoms with Gasteiger partial charge in [0.1, 0.15) is 23.0 Å². The summed E-state index contributed by atoms with van der Waals surface area (Å²) in [5.74, 6) is 3.52. The molecule has 16 rings (SSSR count). The maximum Gasteiger partial charge on any atom is 0.118 e. The number of benzene rings is 8. The first kappa shape index (κ1) is 76.0. The topological polar surface area (TPSA) is 69.6 Å². The molecule has 4 aromatic heterocycles. The summed E-state index contributed by atoms with van der Waals surface area (Å²) in [6, 6.07) is 59.3. The maximum atomic E-state index is 6.35. The predicted molar refractivity (Wildman–Crippen MR) is 453 cm³/mol. The molecule has 8 heterocycles. The molecule has 15 heteroatoms. The first-order valence-electron chi connectivity index (χ1n) is 37.3. The van der Waals surface area contributed by atoms with Crippen LogP contribution in [-0.2, 0) is 38.8 Å². The predicted octanol–water partition coefficient (Wildman–Crippen LogP) is 22.4. The zero-order chi connectivity index (χ0) is 75.5. The van der Waals surface area contributed by atoms with Crippen LogP contribution in [0.2, 0.25) is 15.1 Å². The van der Waals surface area contributed by atoms with Gasteiger partial charge in [0.2, 0.25) is 0 Å². The van der Waals surface area contributed by atoms with Crippen LogP contribution in [0.1, 0.15) is 133 Å². The van der Waals surface area contributed by atoms with Gasteiger partial charge in [-0.15, -0.1) is 0 Å². The summed E-state index contributed by atoms with van der Waals surface area (Å²) in [6.07, 6.45) is 14.4. The van der Waals surface area contributed by atoms with Crippen LogP contribution in [0.15, 0.2) is 170 Å². The second-order valence-electron chi connectivity index (χ2n) is 29.3.